The fraction of sp³-hybridized carbons (Fsp3) is 0.238. The number of hydrogen-bond acceptors (Lipinski definition) is 3. The largest absolute Gasteiger partial charge is 0.497 e. The Morgan fingerprint density at radius 2 is 1.88 bits per heavy atom. The molecule has 0 aliphatic rings. The van der Waals surface area contributed by atoms with Crippen molar-refractivity contribution < 1.29 is 9.53 Å². The second-order valence-electron chi connectivity index (χ2n) is 6.29. The normalized spacial score (nSPS) is 10.6. The number of ether oxygens (including phenoxy) is 1. The van der Waals surface area contributed by atoms with Gasteiger partial charge in [0, 0.05) is 36.0 Å². The molecular formula is C21H23N3O2. The fourth-order valence-corrected chi connectivity index (χ4v) is 2.68. The average Bonchev–Trinajstić information content (AvgIpc) is 3.13. The van der Waals surface area contributed by atoms with Gasteiger partial charge >= 0.3 is 0 Å². The molecule has 0 fully saturated rings. The standard InChI is InChI=1S/C21H23N3O2/c1-14-4-5-17(12-15(14)2)21(25)22-11-10-18-13-23-20(24-18)16-6-8-19(26-3)9-7-16/h4-9,12-13H,10-11H2,1-3H3,(H,22,25)(H,23,24). The molecule has 0 unspecified atom stereocenters. The highest BCUT2D eigenvalue weighted by molar-refractivity contribution is 5.94. The summed E-state index contributed by atoms with van der Waals surface area (Å²) < 4.78 is 5.17. The first kappa shape index (κ1) is 17.7. The first-order valence-corrected chi connectivity index (χ1v) is 8.60. The van der Waals surface area contributed by atoms with Crippen molar-refractivity contribution in [2.24, 2.45) is 0 Å². The lowest BCUT2D eigenvalue weighted by molar-refractivity contribution is 0.0954. The fourth-order valence-electron chi connectivity index (χ4n) is 2.68. The number of rotatable bonds is 6. The smallest absolute Gasteiger partial charge is 0.251 e. The second kappa shape index (κ2) is 7.87. The number of imidazole rings is 1. The van der Waals surface area contributed by atoms with Crippen LogP contribution in [0, 0.1) is 13.8 Å². The molecule has 5 nitrogen and oxygen atoms in total. The molecule has 5 heteroatoms. The Kier molecular flexibility index (Phi) is 5.37. The third kappa shape index (κ3) is 4.11. The molecule has 1 amide bonds. The van der Waals surface area contributed by atoms with E-state index in [-0.39, 0.29) is 5.91 Å². The maximum absolute atomic E-state index is 12.2. The minimum absolute atomic E-state index is 0.0528. The number of nitrogens with zero attached hydrogens (tertiary/aromatic N) is 1. The number of aromatic amines is 1. The van der Waals surface area contributed by atoms with Crippen molar-refractivity contribution in [2.45, 2.75) is 20.3 Å². The summed E-state index contributed by atoms with van der Waals surface area (Å²) in [6.45, 7) is 4.60. The van der Waals surface area contributed by atoms with Gasteiger partial charge in [0.25, 0.3) is 5.91 Å². The topological polar surface area (TPSA) is 67.0 Å². The highest BCUT2D eigenvalue weighted by Crippen LogP contribution is 2.19. The Balaban J connectivity index is 1.56. The Bertz CT molecular complexity index is 898. The number of benzene rings is 2. The number of nitrogens with one attached hydrogen (secondary N) is 2. The van der Waals surface area contributed by atoms with Gasteiger partial charge in [-0.2, -0.15) is 0 Å². The van der Waals surface area contributed by atoms with Crippen LogP contribution in [0.25, 0.3) is 11.4 Å². The van der Waals surface area contributed by atoms with Crippen molar-refractivity contribution >= 4 is 5.91 Å². The summed E-state index contributed by atoms with van der Waals surface area (Å²) in [7, 11) is 1.65. The van der Waals surface area contributed by atoms with Crippen molar-refractivity contribution in [1.29, 1.82) is 0 Å². The summed E-state index contributed by atoms with van der Waals surface area (Å²) in [5.41, 5.74) is 4.98. The third-order valence-electron chi connectivity index (χ3n) is 4.44. The van der Waals surface area contributed by atoms with Gasteiger partial charge in [-0.25, -0.2) is 4.98 Å². The molecule has 0 bridgehead atoms. The van der Waals surface area contributed by atoms with Crippen LogP contribution in [0.1, 0.15) is 27.2 Å². The quantitative estimate of drug-likeness (QED) is 0.713. The monoisotopic (exact) mass is 349 g/mol. The number of carbonyl (C=O) groups is 1. The number of aromatic nitrogens is 2. The zero-order chi connectivity index (χ0) is 18.5. The Morgan fingerprint density at radius 1 is 1.12 bits per heavy atom. The zero-order valence-electron chi connectivity index (χ0n) is 15.3. The average molecular weight is 349 g/mol. The molecule has 0 saturated heterocycles. The number of amides is 1. The number of carbonyl (C=O) groups excluding carboxylic acids is 1. The van der Waals surface area contributed by atoms with Gasteiger partial charge < -0.3 is 15.0 Å². The molecule has 3 rings (SSSR count). The van der Waals surface area contributed by atoms with Gasteiger partial charge in [0.1, 0.15) is 11.6 Å². The molecule has 2 aromatic carbocycles. The van der Waals surface area contributed by atoms with Crippen LogP contribution in [0.3, 0.4) is 0 Å². The van der Waals surface area contributed by atoms with Crippen LogP contribution in [-0.4, -0.2) is 29.5 Å². The van der Waals surface area contributed by atoms with E-state index in [1.54, 1.807) is 7.11 Å². The van der Waals surface area contributed by atoms with E-state index in [2.05, 4.69) is 15.3 Å². The second-order valence-corrected chi connectivity index (χ2v) is 6.29. The van der Waals surface area contributed by atoms with Gasteiger partial charge in [-0.1, -0.05) is 6.07 Å². The van der Waals surface area contributed by atoms with Crippen LogP contribution in [0.5, 0.6) is 5.75 Å². The summed E-state index contributed by atoms with van der Waals surface area (Å²) >= 11 is 0. The van der Waals surface area contributed by atoms with Crippen LogP contribution in [0.2, 0.25) is 0 Å². The predicted octanol–water partition coefficient (Wildman–Crippen LogP) is 3.67. The van der Waals surface area contributed by atoms with E-state index >= 15 is 0 Å². The van der Waals surface area contributed by atoms with Gasteiger partial charge in [-0.15, -0.1) is 0 Å². The van der Waals surface area contributed by atoms with E-state index < -0.39 is 0 Å². The number of H-pyrrole nitrogens is 1. The first-order chi connectivity index (χ1) is 12.6. The van der Waals surface area contributed by atoms with Crippen LogP contribution >= 0.6 is 0 Å². The lowest BCUT2D eigenvalue weighted by atomic mass is 10.1. The molecule has 2 N–H and O–H groups in total. The molecule has 0 atom stereocenters. The molecule has 1 aromatic heterocycles. The Labute approximate surface area is 153 Å². The van der Waals surface area contributed by atoms with Crippen molar-refractivity contribution in [1.82, 2.24) is 15.3 Å². The van der Waals surface area contributed by atoms with Gasteiger partial charge in [0.2, 0.25) is 0 Å². The van der Waals surface area contributed by atoms with E-state index in [4.69, 9.17) is 4.74 Å². The minimum Gasteiger partial charge on any atom is -0.497 e. The molecular weight excluding hydrogens is 326 g/mol. The maximum atomic E-state index is 12.2. The third-order valence-corrected chi connectivity index (χ3v) is 4.44. The van der Waals surface area contributed by atoms with Crippen LogP contribution in [0.4, 0.5) is 0 Å². The minimum atomic E-state index is -0.0528. The summed E-state index contributed by atoms with van der Waals surface area (Å²) in [4.78, 5) is 19.9. The molecule has 134 valence electrons. The SMILES string of the molecule is COc1ccc(-c2ncc(CCNC(=O)c3ccc(C)c(C)c3)[nH]2)cc1. The van der Waals surface area contributed by atoms with Crippen molar-refractivity contribution in [3.63, 3.8) is 0 Å². The van der Waals surface area contributed by atoms with E-state index in [9.17, 15) is 4.79 Å². The summed E-state index contributed by atoms with van der Waals surface area (Å²) in [6, 6.07) is 13.5. The van der Waals surface area contributed by atoms with Crippen LogP contribution < -0.4 is 10.1 Å². The number of aryl methyl sites for hydroxylation is 2. The number of hydrogen-bond donors (Lipinski definition) is 2. The van der Waals surface area contributed by atoms with Gasteiger partial charge in [-0.05, 0) is 61.4 Å². The molecule has 3 aromatic rings. The predicted molar refractivity (Wildman–Crippen MR) is 103 cm³/mol. The zero-order valence-corrected chi connectivity index (χ0v) is 15.3. The Morgan fingerprint density at radius 3 is 2.58 bits per heavy atom. The van der Waals surface area contributed by atoms with E-state index in [1.165, 1.54) is 5.56 Å². The molecule has 1 heterocycles. The lowest BCUT2D eigenvalue weighted by Crippen LogP contribution is -2.25. The number of methoxy groups -OCH3 is 1. The van der Waals surface area contributed by atoms with E-state index in [0.29, 0.717) is 18.5 Å². The highest BCUT2D eigenvalue weighted by Gasteiger charge is 2.08. The van der Waals surface area contributed by atoms with E-state index in [1.807, 2.05) is 62.5 Å². The van der Waals surface area contributed by atoms with Gasteiger partial charge in [0.15, 0.2) is 0 Å². The van der Waals surface area contributed by atoms with Crippen molar-refractivity contribution in [3.8, 4) is 17.1 Å². The Hall–Kier alpha value is -3.08. The molecule has 0 radical (unpaired) electrons. The van der Waals surface area contributed by atoms with Crippen LogP contribution in [-0.2, 0) is 6.42 Å². The first-order valence-electron chi connectivity index (χ1n) is 8.60. The molecule has 0 saturated carbocycles. The highest BCUT2D eigenvalue weighted by atomic mass is 16.5. The molecule has 0 aliphatic heterocycles. The molecule has 26 heavy (non-hydrogen) atoms. The van der Waals surface area contributed by atoms with Gasteiger partial charge in [0.05, 0.1) is 7.11 Å². The molecule has 0 spiro atoms. The summed E-state index contributed by atoms with van der Waals surface area (Å²) in [6.07, 6.45) is 2.50. The van der Waals surface area contributed by atoms with E-state index in [0.717, 1.165) is 28.4 Å². The van der Waals surface area contributed by atoms with Crippen LogP contribution in [0.15, 0.2) is 48.7 Å². The van der Waals surface area contributed by atoms with Crippen molar-refractivity contribution in [2.75, 3.05) is 13.7 Å². The van der Waals surface area contributed by atoms with Gasteiger partial charge in [-0.3, -0.25) is 4.79 Å². The maximum Gasteiger partial charge on any atom is 0.251 e. The van der Waals surface area contributed by atoms with Crippen molar-refractivity contribution in [3.05, 3.63) is 71.0 Å². The summed E-state index contributed by atoms with van der Waals surface area (Å²) in [5.74, 6) is 1.57. The summed E-state index contributed by atoms with van der Waals surface area (Å²) in [5, 5.41) is 2.95. The lowest BCUT2D eigenvalue weighted by Gasteiger charge is -2.06. The molecule has 0 aliphatic carbocycles.